The second-order valence-corrected chi connectivity index (χ2v) is 6.52. The van der Waals surface area contributed by atoms with Gasteiger partial charge in [-0.25, -0.2) is 4.98 Å². The molecule has 102 valence electrons. The van der Waals surface area contributed by atoms with Gasteiger partial charge in [0.2, 0.25) is 5.88 Å². The normalized spacial score (nSPS) is 43.5. The molecule has 5 unspecified atom stereocenters. The van der Waals surface area contributed by atoms with Crippen molar-refractivity contribution in [2.75, 3.05) is 7.11 Å². The monoisotopic (exact) mass is 259 g/mol. The van der Waals surface area contributed by atoms with E-state index >= 15 is 0 Å². The third-order valence-corrected chi connectivity index (χ3v) is 5.86. The summed E-state index contributed by atoms with van der Waals surface area (Å²) >= 11 is 0. The van der Waals surface area contributed by atoms with Gasteiger partial charge in [0, 0.05) is 12.4 Å². The van der Waals surface area contributed by atoms with Crippen molar-refractivity contribution in [2.24, 2.45) is 29.4 Å². The first-order valence-corrected chi connectivity index (χ1v) is 7.38. The smallest absolute Gasteiger partial charge is 0.237 e. The Morgan fingerprint density at radius 1 is 1.26 bits per heavy atom. The lowest BCUT2D eigenvalue weighted by Crippen LogP contribution is -2.47. The summed E-state index contributed by atoms with van der Waals surface area (Å²) in [6.07, 6.45) is 9.92. The Bertz CT molecular complexity index is 506. The summed E-state index contributed by atoms with van der Waals surface area (Å²) in [6.45, 7) is 0. The van der Waals surface area contributed by atoms with Crippen molar-refractivity contribution in [2.45, 2.75) is 37.6 Å². The highest BCUT2D eigenvalue weighted by atomic mass is 16.5. The number of ether oxygens (including phenoxy) is 1. The molecule has 19 heavy (non-hydrogen) atoms. The maximum Gasteiger partial charge on any atom is 0.237 e. The van der Waals surface area contributed by atoms with Crippen LogP contribution in [0.5, 0.6) is 5.88 Å². The first-order chi connectivity index (χ1) is 9.24. The van der Waals surface area contributed by atoms with Crippen molar-refractivity contribution in [1.82, 2.24) is 9.97 Å². The zero-order valence-electron chi connectivity index (χ0n) is 11.4. The quantitative estimate of drug-likeness (QED) is 0.883. The largest absolute Gasteiger partial charge is 0.480 e. The highest BCUT2D eigenvalue weighted by molar-refractivity contribution is 5.31. The van der Waals surface area contributed by atoms with Gasteiger partial charge in [-0.3, -0.25) is 4.98 Å². The molecule has 0 radical (unpaired) electrons. The molecule has 2 bridgehead atoms. The van der Waals surface area contributed by atoms with Crippen LogP contribution in [0, 0.1) is 23.7 Å². The number of aromatic nitrogens is 2. The highest BCUT2D eigenvalue weighted by Gasteiger charge is 2.61. The van der Waals surface area contributed by atoms with E-state index in [1.807, 2.05) is 0 Å². The number of hydrogen-bond donors (Lipinski definition) is 1. The zero-order valence-corrected chi connectivity index (χ0v) is 11.4. The van der Waals surface area contributed by atoms with Crippen LogP contribution in [0.4, 0.5) is 0 Å². The summed E-state index contributed by atoms with van der Waals surface area (Å²) in [4.78, 5) is 8.82. The Balaban J connectivity index is 1.75. The minimum absolute atomic E-state index is 0.310. The predicted octanol–water partition coefficient (Wildman–Crippen LogP) is 2.10. The number of methoxy groups -OCH3 is 1. The minimum atomic E-state index is -0.310. The van der Waals surface area contributed by atoms with Crippen LogP contribution in [0.25, 0.3) is 0 Å². The van der Waals surface area contributed by atoms with Crippen molar-refractivity contribution in [1.29, 1.82) is 0 Å². The lowest BCUT2D eigenvalue weighted by Gasteiger charge is -2.39. The van der Waals surface area contributed by atoms with Gasteiger partial charge in [0.15, 0.2) is 0 Å². The van der Waals surface area contributed by atoms with E-state index in [0.717, 1.165) is 29.9 Å². The van der Waals surface area contributed by atoms with Crippen LogP contribution in [0.2, 0.25) is 0 Å². The van der Waals surface area contributed by atoms with Crippen molar-refractivity contribution in [3.05, 3.63) is 18.1 Å². The van der Waals surface area contributed by atoms with Crippen LogP contribution < -0.4 is 10.5 Å². The minimum Gasteiger partial charge on any atom is -0.480 e. The van der Waals surface area contributed by atoms with Gasteiger partial charge >= 0.3 is 0 Å². The SMILES string of the molecule is COc1nccnc1C1(N)CC2CC1C1CCCC21. The number of hydrogen-bond acceptors (Lipinski definition) is 4. The first-order valence-electron chi connectivity index (χ1n) is 7.38. The fraction of sp³-hybridized carbons (Fsp3) is 0.733. The Labute approximate surface area is 113 Å². The van der Waals surface area contributed by atoms with E-state index in [1.54, 1.807) is 19.5 Å². The summed E-state index contributed by atoms with van der Waals surface area (Å²) in [5.74, 6) is 3.75. The number of rotatable bonds is 2. The Kier molecular flexibility index (Phi) is 2.40. The molecule has 1 aromatic rings. The molecule has 0 aromatic carbocycles. The number of nitrogens with two attached hydrogens (primary N) is 1. The van der Waals surface area contributed by atoms with E-state index < -0.39 is 0 Å². The molecule has 1 heterocycles. The second-order valence-electron chi connectivity index (χ2n) is 6.52. The fourth-order valence-corrected chi connectivity index (χ4v) is 5.26. The Morgan fingerprint density at radius 2 is 2.05 bits per heavy atom. The average Bonchev–Trinajstić information content (AvgIpc) is 3.09. The van der Waals surface area contributed by atoms with Crippen LogP contribution in [-0.4, -0.2) is 17.1 Å². The number of fused-ring (bicyclic) bond motifs is 5. The molecule has 0 spiro atoms. The summed E-state index contributed by atoms with van der Waals surface area (Å²) < 4.78 is 5.39. The van der Waals surface area contributed by atoms with Crippen LogP contribution in [-0.2, 0) is 5.54 Å². The molecule has 4 rings (SSSR count). The van der Waals surface area contributed by atoms with Gasteiger partial charge in [-0.05, 0) is 49.4 Å². The topological polar surface area (TPSA) is 61.0 Å². The standard InChI is InChI=1S/C15H21N3O/c1-19-14-13(17-5-6-18-14)15(16)8-9-7-12(15)11-4-2-3-10(9)11/h5-6,9-12H,2-4,7-8,16H2,1H3. The van der Waals surface area contributed by atoms with Gasteiger partial charge in [-0.15, -0.1) is 0 Å². The lowest BCUT2D eigenvalue weighted by molar-refractivity contribution is 0.149. The molecule has 3 aliphatic carbocycles. The average molecular weight is 259 g/mol. The highest BCUT2D eigenvalue weighted by Crippen LogP contribution is 2.64. The van der Waals surface area contributed by atoms with Crippen molar-refractivity contribution in [3.8, 4) is 5.88 Å². The number of nitrogens with zero attached hydrogens (tertiary/aromatic N) is 2. The summed E-state index contributed by atoms with van der Waals surface area (Å²) in [5.41, 5.74) is 7.39. The van der Waals surface area contributed by atoms with E-state index in [9.17, 15) is 0 Å². The van der Waals surface area contributed by atoms with Crippen LogP contribution in [0.3, 0.4) is 0 Å². The van der Waals surface area contributed by atoms with Gasteiger partial charge in [0.1, 0.15) is 5.69 Å². The van der Waals surface area contributed by atoms with E-state index in [-0.39, 0.29) is 5.54 Å². The molecule has 3 saturated carbocycles. The maximum absolute atomic E-state index is 6.82. The molecule has 0 amide bonds. The molecule has 4 heteroatoms. The molecule has 2 N–H and O–H groups in total. The van der Waals surface area contributed by atoms with Gasteiger partial charge < -0.3 is 10.5 Å². The van der Waals surface area contributed by atoms with Crippen LogP contribution in [0.1, 0.15) is 37.8 Å². The molecule has 3 aliphatic rings. The van der Waals surface area contributed by atoms with Crippen LogP contribution in [0.15, 0.2) is 12.4 Å². The molecule has 0 saturated heterocycles. The summed E-state index contributed by atoms with van der Waals surface area (Å²) in [7, 11) is 1.66. The Morgan fingerprint density at radius 3 is 2.89 bits per heavy atom. The summed E-state index contributed by atoms with van der Waals surface area (Å²) in [5, 5.41) is 0. The molecule has 3 fully saturated rings. The van der Waals surface area contributed by atoms with Gasteiger partial charge in [-0.2, -0.15) is 0 Å². The predicted molar refractivity (Wildman–Crippen MR) is 71.5 cm³/mol. The summed E-state index contributed by atoms with van der Waals surface area (Å²) in [6, 6.07) is 0. The van der Waals surface area contributed by atoms with E-state index in [2.05, 4.69) is 9.97 Å². The van der Waals surface area contributed by atoms with Crippen LogP contribution >= 0.6 is 0 Å². The van der Waals surface area contributed by atoms with Gasteiger partial charge in [0.05, 0.1) is 12.6 Å². The van der Waals surface area contributed by atoms with Crippen molar-refractivity contribution in [3.63, 3.8) is 0 Å². The first kappa shape index (κ1) is 11.6. The van der Waals surface area contributed by atoms with Gasteiger partial charge in [0.25, 0.3) is 0 Å². The Hall–Kier alpha value is -1.16. The molecule has 0 aliphatic heterocycles. The fourth-order valence-electron chi connectivity index (χ4n) is 5.26. The molecule has 1 aromatic heterocycles. The zero-order chi connectivity index (χ0) is 13.0. The second kappa shape index (κ2) is 3.92. The van der Waals surface area contributed by atoms with Crippen molar-refractivity contribution < 1.29 is 4.74 Å². The molecule has 5 atom stereocenters. The molecular formula is C15H21N3O. The maximum atomic E-state index is 6.82. The molecular weight excluding hydrogens is 238 g/mol. The van der Waals surface area contributed by atoms with Gasteiger partial charge in [-0.1, -0.05) is 6.42 Å². The lowest BCUT2D eigenvalue weighted by atomic mass is 9.70. The van der Waals surface area contributed by atoms with E-state index in [1.165, 1.54) is 25.7 Å². The molecule has 4 nitrogen and oxygen atoms in total. The third-order valence-electron chi connectivity index (χ3n) is 5.86. The van der Waals surface area contributed by atoms with E-state index in [0.29, 0.717) is 11.8 Å². The third kappa shape index (κ3) is 1.43. The van der Waals surface area contributed by atoms with E-state index in [4.69, 9.17) is 10.5 Å². The van der Waals surface area contributed by atoms with Crippen molar-refractivity contribution >= 4 is 0 Å².